The number of hydrogen-bond donors (Lipinski definition) is 0. The van der Waals surface area contributed by atoms with Gasteiger partial charge in [0.05, 0.1) is 0 Å². The first-order chi connectivity index (χ1) is 9.84. The van der Waals surface area contributed by atoms with Crippen molar-refractivity contribution < 1.29 is 0 Å². The first-order valence-corrected chi connectivity index (χ1v) is 8.87. The molecule has 104 valence electrons. The highest BCUT2D eigenvalue weighted by atomic mass is 79.9. The van der Waals surface area contributed by atoms with Crippen molar-refractivity contribution in [2.24, 2.45) is 17.8 Å². The van der Waals surface area contributed by atoms with E-state index in [-0.39, 0.29) is 0 Å². The molecule has 0 saturated heterocycles. The molecule has 3 unspecified atom stereocenters. The molecule has 20 heavy (non-hydrogen) atoms. The fourth-order valence-electron chi connectivity index (χ4n) is 4.40. The lowest BCUT2D eigenvalue weighted by Gasteiger charge is -2.12. The van der Waals surface area contributed by atoms with Crippen molar-refractivity contribution in [1.82, 2.24) is 0 Å². The molecule has 2 aliphatic rings. The maximum absolute atomic E-state index is 4.02. The van der Waals surface area contributed by atoms with Crippen LogP contribution in [0.4, 0.5) is 0 Å². The average molecular weight is 329 g/mol. The quantitative estimate of drug-likeness (QED) is 0.645. The van der Waals surface area contributed by atoms with Crippen LogP contribution in [-0.4, -0.2) is 4.83 Å². The molecular weight excluding hydrogens is 308 g/mol. The molecular formula is C19H21Br. The highest BCUT2D eigenvalue weighted by Crippen LogP contribution is 2.58. The number of fused-ring (bicyclic) bond motifs is 2. The lowest BCUT2D eigenvalue weighted by Crippen LogP contribution is -2.08. The molecule has 0 aromatic heterocycles. The van der Waals surface area contributed by atoms with Crippen LogP contribution < -0.4 is 0 Å². The van der Waals surface area contributed by atoms with E-state index in [1.54, 1.807) is 0 Å². The Morgan fingerprint density at radius 3 is 2.45 bits per heavy atom. The summed E-state index contributed by atoms with van der Waals surface area (Å²) < 4.78 is 0. The minimum atomic E-state index is 0.668. The summed E-state index contributed by atoms with van der Waals surface area (Å²) in [4.78, 5) is 0.668. The Morgan fingerprint density at radius 2 is 1.65 bits per heavy atom. The summed E-state index contributed by atoms with van der Waals surface area (Å²) in [7, 11) is 0. The van der Waals surface area contributed by atoms with Gasteiger partial charge in [0.15, 0.2) is 0 Å². The number of halogens is 1. The van der Waals surface area contributed by atoms with Crippen LogP contribution in [0.2, 0.25) is 0 Å². The van der Waals surface area contributed by atoms with Crippen molar-refractivity contribution >= 4 is 26.7 Å². The molecule has 0 radical (unpaired) electrons. The van der Waals surface area contributed by atoms with E-state index >= 15 is 0 Å². The van der Waals surface area contributed by atoms with Crippen LogP contribution in [0, 0.1) is 17.8 Å². The van der Waals surface area contributed by atoms with E-state index in [1.165, 1.54) is 48.4 Å². The second kappa shape index (κ2) is 5.18. The van der Waals surface area contributed by atoms with Crippen molar-refractivity contribution in [2.45, 2.75) is 36.9 Å². The largest absolute Gasteiger partial charge is 0.0884 e. The highest BCUT2D eigenvalue weighted by Gasteiger charge is 2.53. The molecule has 1 heteroatoms. The standard InChI is InChI=1S/C19H21Br/c20-18(19-16-10-3-4-11-17(16)19)12-14-8-5-7-13-6-1-2-9-15(13)14/h1-2,5-9,16-19H,3-4,10-12H2. The molecule has 2 aliphatic carbocycles. The van der Waals surface area contributed by atoms with Crippen molar-refractivity contribution in [3.8, 4) is 0 Å². The van der Waals surface area contributed by atoms with Gasteiger partial charge in [-0.1, -0.05) is 71.2 Å². The summed E-state index contributed by atoms with van der Waals surface area (Å²) in [5.74, 6) is 3.00. The molecule has 0 heterocycles. The van der Waals surface area contributed by atoms with E-state index in [0.29, 0.717) is 4.83 Å². The summed E-state index contributed by atoms with van der Waals surface area (Å²) in [5.41, 5.74) is 1.51. The zero-order chi connectivity index (χ0) is 13.5. The van der Waals surface area contributed by atoms with Gasteiger partial charge in [-0.05, 0) is 53.4 Å². The Morgan fingerprint density at radius 1 is 0.950 bits per heavy atom. The Kier molecular flexibility index (Phi) is 3.34. The lowest BCUT2D eigenvalue weighted by molar-refractivity contribution is 0.480. The van der Waals surface area contributed by atoms with Gasteiger partial charge in [-0.3, -0.25) is 0 Å². The molecule has 0 aliphatic heterocycles. The monoisotopic (exact) mass is 328 g/mol. The van der Waals surface area contributed by atoms with Gasteiger partial charge in [0.2, 0.25) is 0 Å². The molecule has 3 atom stereocenters. The lowest BCUT2D eigenvalue weighted by atomic mass is 9.99. The first kappa shape index (κ1) is 12.9. The summed E-state index contributed by atoms with van der Waals surface area (Å²) in [6, 6.07) is 15.5. The zero-order valence-corrected chi connectivity index (χ0v) is 13.4. The Hall–Kier alpha value is -0.820. The van der Waals surface area contributed by atoms with E-state index in [9.17, 15) is 0 Å². The fraction of sp³-hybridized carbons (Fsp3) is 0.474. The first-order valence-electron chi connectivity index (χ1n) is 7.95. The molecule has 2 aromatic rings. The molecule has 0 bridgehead atoms. The third kappa shape index (κ3) is 2.20. The summed E-state index contributed by atoms with van der Waals surface area (Å²) in [5, 5.41) is 2.81. The van der Waals surface area contributed by atoms with E-state index in [4.69, 9.17) is 0 Å². The molecule has 0 nitrogen and oxygen atoms in total. The van der Waals surface area contributed by atoms with Crippen LogP contribution in [0.25, 0.3) is 10.8 Å². The molecule has 0 amide bonds. The van der Waals surface area contributed by atoms with Gasteiger partial charge in [0.1, 0.15) is 0 Å². The van der Waals surface area contributed by atoms with Gasteiger partial charge in [-0.15, -0.1) is 0 Å². The average Bonchev–Trinajstić information content (AvgIpc) is 3.22. The molecule has 0 N–H and O–H groups in total. The maximum atomic E-state index is 4.02. The van der Waals surface area contributed by atoms with Crippen molar-refractivity contribution in [3.05, 3.63) is 48.0 Å². The second-order valence-corrected chi connectivity index (χ2v) is 7.72. The predicted octanol–water partition coefficient (Wildman–Crippen LogP) is 5.58. The smallest absolute Gasteiger partial charge is 0.0220 e. The molecule has 4 rings (SSSR count). The molecule has 2 aromatic carbocycles. The van der Waals surface area contributed by atoms with Gasteiger partial charge in [-0.2, -0.15) is 0 Å². The second-order valence-electron chi connectivity index (χ2n) is 6.55. The Labute approximate surface area is 129 Å². The van der Waals surface area contributed by atoms with Crippen LogP contribution in [0.15, 0.2) is 42.5 Å². The Bertz CT molecular complexity index is 601. The van der Waals surface area contributed by atoms with Crippen molar-refractivity contribution in [2.75, 3.05) is 0 Å². The number of alkyl halides is 1. The van der Waals surface area contributed by atoms with Gasteiger partial charge in [-0.25, -0.2) is 0 Å². The SMILES string of the molecule is BrC(Cc1cccc2ccccc12)C1C2CCCCC21. The third-order valence-electron chi connectivity index (χ3n) is 5.44. The van der Waals surface area contributed by atoms with Crippen LogP contribution >= 0.6 is 15.9 Å². The summed E-state index contributed by atoms with van der Waals surface area (Å²) in [6.45, 7) is 0. The van der Waals surface area contributed by atoms with E-state index in [1.807, 2.05) is 0 Å². The topological polar surface area (TPSA) is 0 Å². The van der Waals surface area contributed by atoms with Crippen molar-refractivity contribution in [3.63, 3.8) is 0 Å². The predicted molar refractivity (Wildman–Crippen MR) is 89.3 cm³/mol. The van der Waals surface area contributed by atoms with Gasteiger partial charge in [0, 0.05) is 4.83 Å². The fourth-order valence-corrected chi connectivity index (χ4v) is 5.53. The van der Waals surface area contributed by atoms with Crippen LogP contribution in [0.3, 0.4) is 0 Å². The van der Waals surface area contributed by atoms with Crippen LogP contribution in [-0.2, 0) is 6.42 Å². The number of benzene rings is 2. The third-order valence-corrected chi connectivity index (χ3v) is 6.37. The van der Waals surface area contributed by atoms with Crippen molar-refractivity contribution in [1.29, 1.82) is 0 Å². The van der Waals surface area contributed by atoms with Crippen LogP contribution in [0.1, 0.15) is 31.2 Å². The number of hydrogen-bond acceptors (Lipinski definition) is 0. The minimum Gasteiger partial charge on any atom is -0.0884 e. The Balaban J connectivity index is 1.56. The molecule has 2 saturated carbocycles. The highest BCUT2D eigenvalue weighted by molar-refractivity contribution is 9.09. The normalized spacial score (nSPS) is 29.9. The molecule has 0 spiro atoms. The maximum Gasteiger partial charge on any atom is 0.0220 e. The summed E-state index contributed by atoms with van der Waals surface area (Å²) in [6.07, 6.45) is 7.07. The molecule has 2 fully saturated rings. The minimum absolute atomic E-state index is 0.668. The van der Waals surface area contributed by atoms with E-state index < -0.39 is 0 Å². The van der Waals surface area contributed by atoms with Crippen LogP contribution in [0.5, 0.6) is 0 Å². The van der Waals surface area contributed by atoms with E-state index in [0.717, 1.165) is 17.8 Å². The van der Waals surface area contributed by atoms with Gasteiger partial charge in [0.25, 0.3) is 0 Å². The van der Waals surface area contributed by atoms with Gasteiger partial charge < -0.3 is 0 Å². The van der Waals surface area contributed by atoms with E-state index in [2.05, 4.69) is 58.4 Å². The zero-order valence-electron chi connectivity index (χ0n) is 11.8. The summed E-state index contributed by atoms with van der Waals surface area (Å²) >= 11 is 4.02. The number of rotatable bonds is 3. The van der Waals surface area contributed by atoms with Gasteiger partial charge >= 0.3 is 0 Å².